The molecular formula is C17H15ClN2O3. The van der Waals surface area contributed by atoms with Gasteiger partial charge in [0, 0.05) is 12.3 Å². The number of esters is 1. The van der Waals surface area contributed by atoms with Gasteiger partial charge in [-0.25, -0.2) is 9.78 Å². The molecule has 1 aromatic carbocycles. The van der Waals surface area contributed by atoms with Crippen molar-refractivity contribution < 1.29 is 14.3 Å². The number of nitrogens with one attached hydrogen (secondary N) is 1. The molecule has 0 spiro atoms. The normalized spacial score (nSPS) is 10.5. The highest BCUT2D eigenvalue weighted by molar-refractivity contribution is 6.32. The maximum Gasteiger partial charge on any atom is 0.331 e. The van der Waals surface area contributed by atoms with Crippen LogP contribution in [0.2, 0.25) is 5.15 Å². The summed E-state index contributed by atoms with van der Waals surface area (Å²) in [5.74, 6) is -1.09. The molecule has 23 heavy (non-hydrogen) atoms. The van der Waals surface area contributed by atoms with E-state index in [0.717, 1.165) is 11.1 Å². The van der Waals surface area contributed by atoms with E-state index in [0.29, 0.717) is 5.69 Å². The molecule has 5 nitrogen and oxygen atoms in total. The van der Waals surface area contributed by atoms with Crippen molar-refractivity contribution in [3.8, 4) is 0 Å². The molecule has 2 rings (SSSR count). The highest BCUT2D eigenvalue weighted by atomic mass is 35.5. The first-order chi connectivity index (χ1) is 11.0. The maximum absolute atomic E-state index is 11.7. The minimum absolute atomic E-state index is 0.173. The SMILES string of the molecule is Cc1cccc(/C=C/C(=O)OCC(=O)Nc2cccnc2Cl)c1. The van der Waals surface area contributed by atoms with Crippen molar-refractivity contribution in [1.29, 1.82) is 0 Å². The third-order valence-corrected chi connectivity index (χ3v) is 3.13. The Morgan fingerprint density at radius 2 is 2.13 bits per heavy atom. The molecule has 0 aliphatic rings. The minimum Gasteiger partial charge on any atom is -0.452 e. The monoisotopic (exact) mass is 330 g/mol. The highest BCUT2D eigenvalue weighted by Crippen LogP contribution is 2.17. The lowest BCUT2D eigenvalue weighted by Crippen LogP contribution is -2.20. The largest absolute Gasteiger partial charge is 0.452 e. The van der Waals surface area contributed by atoms with Crippen LogP contribution in [0.15, 0.2) is 48.7 Å². The maximum atomic E-state index is 11.7. The number of anilines is 1. The van der Waals surface area contributed by atoms with Crippen molar-refractivity contribution in [1.82, 2.24) is 4.98 Å². The number of nitrogens with zero attached hydrogens (tertiary/aromatic N) is 1. The first kappa shape index (κ1) is 16.7. The molecule has 0 unspecified atom stereocenters. The average molecular weight is 331 g/mol. The van der Waals surface area contributed by atoms with Crippen LogP contribution >= 0.6 is 11.6 Å². The summed E-state index contributed by atoms with van der Waals surface area (Å²) < 4.78 is 4.87. The van der Waals surface area contributed by atoms with Gasteiger partial charge in [-0.1, -0.05) is 41.4 Å². The molecule has 1 aromatic heterocycles. The summed E-state index contributed by atoms with van der Waals surface area (Å²) in [7, 11) is 0. The van der Waals surface area contributed by atoms with E-state index >= 15 is 0 Å². The summed E-state index contributed by atoms with van der Waals surface area (Å²) in [5, 5.41) is 2.68. The number of benzene rings is 1. The van der Waals surface area contributed by atoms with E-state index in [-0.39, 0.29) is 5.15 Å². The Balaban J connectivity index is 1.82. The van der Waals surface area contributed by atoms with Crippen LogP contribution in [0.4, 0.5) is 5.69 Å². The van der Waals surface area contributed by atoms with Gasteiger partial charge in [-0.3, -0.25) is 4.79 Å². The summed E-state index contributed by atoms with van der Waals surface area (Å²) in [5.41, 5.74) is 2.34. The number of aromatic nitrogens is 1. The molecular weight excluding hydrogens is 316 g/mol. The van der Waals surface area contributed by atoms with Crippen LogP contribution in [-0.4, -0.2) is 23.5 Å². The van der Waals surface area contributed by atoms with Crippen LogP contribution in [0.5, 0.6) is 0 Å². The number of carbonyl (C=O) groups is 2. The Kier molecular flexibility index (Phi) is 5.88. The Bertz CT molecular complexity index is 744. The van der Waals surface area contributed by atoms with E-state index in [1.54, 1.807) is 18.2 Å². The van der Waals surface area contributed by atoms with Crippen molar-refractivity contribution >= 4 is 35.2 Å². The molecule has 0 saturated carbocycles. The van der Waals surface area contributed by atoms with Crippen LogP contribution < -0.4 is 5.32 Å². The van der Waals surface area contributed by atoms with E-state index in [9.17, 15) is 9.59 Å². The fourth-order valence-electron chi connectivity index (χ4n) is 1.79. The zero-order valence-corrected chi connectivity index (χ0v) is 13.2. The molecule has 1 amide bonds. The van der Waals surface area contributed by atoms with Gasteiger partial charge in [0.2, 0.25) is 0 Å². The van der Waals surface area contributed by atoms with Crippen LogP contribution in [0.25, 0.3) is 6.08 Å². The van der Waals surface area contributed by atoms with E-state index in [1.165, 1.54) is 12.3 Å². The molecule has 0 bridgehead atoms. The molecule has 2 aromatic rings. The number of pyridine rings is 1. The van der Waals surface area contributed by atoms with Crippen LogP contribution in [0.3, 0.4) is 0 Å². The molecule has 0 aliphatic carbocycles. The van der Waals surface area contributed by atoms with Gasteiger partial charge in [0.1, 0.15) is 0 Å². The number of hydrogen-bond acceptors (Lipinski definition) is 4. The van der Waals surface area contributed by atoms with E-state index in [2.05, 4.69) is 10.3 Å². The van der Waals surface area contributed by atoms with E-state index in [1.807, 2.05) is 31.2 Å². The molecule has 0 saturated heterocycles. The van der Waals surface area contributed by atoms with Crippen molar-refractivity contribution in [2.45, 2.75) is 6.92 Å². The second-order valence-electron chi connectivity index (χ2n) is 4.75. The van der Waals surface area contributed by atoms with Gasteiger partial charge in [0.05, 0.1) is 5.69 Å². The third-order valence-electron chi connectivity index (χ3n) is 2.83. The van der Waals surface area contributed by atoms with Crippen LogP contribution in [0, 0.1) is 6.92 Å². The van der Waals surface area contributed by atoms with Gasteiger partial charge in [-0.05, 0) is 30.7 Å². The summed E-state index contributed by atoms with van der Waals surface area (Å²) in [6.07, 6.45) is 4.42. The number of aryl methyl sites for hydroxylation is 1. The van der Waals surface area contributed by atoms with Gasteiger partial charge in [-0.2, -0.15) is 0 Å². The molecule has 1 heterocycles. The molecule has 0 radical (unpaired) electrons. The average Bonchev–Trinajstić information content (AvgIpc) is 2.53. The Morgan fingerprint density at radius 3 is 2.87 bits per heavy atom. The van der Waals surface area contributed by atoms with Gasteiger partial charge in [0.15, 0.2) is 11.8 Å². The molecule has 0 atom stereocenters. The van der Waals surface area contributed by atoms with Gasteiger partial charge < -0.3 is 10.1 Å². The van der Waals surface area contributed by atoms with Gasteiger partial charge in [0.25, 0.3) is 5.91 Å². The molecule has 118 valence electrons. The first-order valence-electron chi connectivity index (χ1n) is 6.86. The second kappa shape index (κ2) is 8.10. The lowest BCUT2D eigenvalue weighted by Gasteiger charge is -2.06. The Hall–Kier alpha value is -2.66. The predicted octanol–water partition coefficient (Wildman–Crippen LogP) is 3.24. The fourth-order valence-corrected chi connectivity index (χ4v) is 1.95. The summed E-state index contributed by atoms with van der Waals surface area (Å²) in [4.78, 5) is 27.1. The molecule has 0 aliphatic heterocycles. The predicted molar refractivity (Wildman–Crippen MR) is 89.0 cm³/mol. The highest BCUT2D eigenvalue weighted by Gasteiger charge is 2.08. The van der Waals surface area contributed by atoms with Gasteiger partial charge >= 0.3 is 5.97 Å². The third kappa shape index (κ3) is 5.56. The first-order valence-corrected chi connectivity index (χ1v) is 7.24. The molecule has 0 fully saturated rings. The molecule has 1 N–H and O–H groups in total. The molecule has 6 heteroatoms. The Morgan fingerprint density at radius 1 is 1.30 bits per heavy atom. The smallest absolute Gasteiger partial charge is 0.331 e. The Labute approximate surface area is 138 Å². The second-order valence-corrected chi connectivity index (χ2v) is 5.10. The van der Waals surface area contributed by atoms with Gasteiger partial charge in [-0.15, -0.1) is 0 Å². The number of carbonyl (C=O) groups excluding carboxylic acids is 2. The van der Waals surface area contributed by atoms with Crippen LogP contribution in [0.1, 0.15) is 11.1 Å². The standard InChI is InChI=1S/C17H15ClN2O3/c1-12-4-2-5-13(10-12)7-8-16(22)23-11-15(21)20-14-6-3-9-19-17(14)18/h2-10H,11H2,1H3,(H,20,21)/b8-7+. The van der Waals surface area contributed by atoms with Crippen molar-refractivity contribution in [3.05, 3.63) is 65.0 Å². The van der Waals surface area contributed by atoms with E-state index < -0.39 is 18.5 Å². The topological polar surface area (TPSA) is 68.3 Å². The lowest BCUT2D eigenvalue weighted by molar-refractivity contribution is -0.142. The number of ether oxygens (including phenoxy) is 1. The fraction of sp³-hybridized carbons (Fsp3) is 0.118. The summed E-state index contributed by atoms with van der Waals surface area (Å²) >= 11 is 5.82. The van der Waals surface area contributed by atoms with Crippen molar-refractivity contribution in [2.75, 3.05) is 11.9 Å². The quantitative estimate of drug-likeness (QED) is 0.519. The number of rotatable bonds is 5. The number of halogens is 1. The van der Waals surface area contributed by atoms with E-state index in [4.69, 9.17) is 16.3 Å². The van der Waals surface area contributed by atoms with Crippen LogP contribution in [-0.2, 0) is 14.3 Å². The number of hydrogen-bond donors (Lipinski definition) is 1. The zero-order chi connectivity index (χ0) is 16.7. The summed E-state index contributed by atoms with van der Waals surface area (Å²) in [6.45, 7) is 1.56. The zero-order valence-electron chi connectivity index (χ0n) is 12.5. The minimum atomic E-state index is -0.598. The van der Waals surface area contributed by atoms with Crippen molar-refractivity contribution in [2.24, 2.45) is 0 Å². The summed E-state index contributed by atoms with van der Waals surface area (Å²) in [6, 6.07) is 10.9. The number of amides is 1. The van der Waals surface area contributed by atoms with Crippen molar-refractivity contribution in [3.63, 3.8) is 0 Å². The lowest BCUT2D eigenvalue weighted by atomic mass is 10.1.